The van der Waals surface area contributed by atoms with Gasteiger partial charge in [0.25, 0.3) is 11.8 Å². The lowest BCUT2D eigenvalue weighted by Crippen LogP contribution is -2.38. The molecule has 0 bridgehead atoms. The van der Waals surface area contributed by atoms with Crippen molar-refractivity contribution < 1.29 is 31.9 Å². The first-order valence-corrected chi connectivity index (χ1v) is 12.6. The number of methoxy groups -OCH3 is 1. The van der Waals surface area contributed by atoms with E-state index in [2.05, 4.69) is 30.4 Å². The van der Waals surface area contributed by atoms with Gasteiger partial charge in [-0.25, -0.2) is 22.5 Å². The number of hydrogen-bond donors (Lipinski definition) is 3. The summed E-state index contributed by atoms with van der Waals surface area (Å²) >= 11 is 0. The van der Waals surface area contributed by atoms with Gasteiger partial charge in [0, 0.05) is 52.1 Å². The normalized spacial score (nSPS) is 15.0. The molecule has 0 aliphatic heterocycles. The molecule has 0 atom stereocenters. The van der Waals surface area contributed by atoms with E-state index < -0.39 is 18.5 Å². The first kappa shape index (κ1) is 30.1. The van der Waals surface area contributed by atoms with Crippen molar-refractivity contribution in [3.05, 3.63) is 47.5 Å². The SMILES string of the molecule is CC(C)n1nccc1C(=O)NCc1nc2ccc(CNC(=O)CC3CC(F)(F)C3)cc2[nH]1.COCC(C)(F)F. The Hall–Kier alpha value is -3.48. The van der Waals surface area contributed by atoms with Crippen LogP contribution in [0, 0.1) is 5.92 Å². The second-order valence-electron chi connectivity index (χ2n) is 10.1. The highest BCUT2D eigenvalue weighted by Gasteiger charge is 2.45. The van der Waals surface area contributed by atoms with Gasteiger partial charge in [0.2, 0.25) is 11.8 Å². The van der Waals surface area contributed by atoms with Crippen molar-refractivity contribution in [3.8, 4) is 0 Å². The zero-order valence-corrected chi connectivity index (χ0v) is 22.4. The maximum Gasteiger partial charge on any atom is 0.269 e. The van der Waals surface area contributed by atoms with Gasteiger partial charge in [0.05, 0.1) is 17.6 Å². The van der Waals surface area contributed by atoms with Crippen molar-refractivity contribution in [2.75, 3.05) is 13.7 Å². The van der Waals surface area contributed by atoms with Gasteiger partial charge in [-0.05, 0) is 43.5 Å². The first-order valence-electron chi connectivity index (χ1n) is 12.6. The number of hydrogen-bond acceptors (Lipinski definition) is 5. The average molecular weight is 555 g/mol. The van der Waals surface area contributed by atoms with E-state index >= 15 is 0 Å². The number of aromatic nitrogens is 4. The summed E-state index contributed by atoms with van der Waals surface area (Å²) in [6.07, 6.45) is 1.30. The fourth-order valence-corrected chi connectivity index (χ4v) is 4.18. The molecule has 0 radical (unpaired) electrons. The number of rotatable bonds is 10. The summed E-state index contributed by atoms with van der Waals surface area (Å²) in [4.78, 5) is 32.1. The van der Waals surface area contributed by atoms with Crippen molar-refractivity contribution in [1.82, 2.24) is 30.4 Å². The highest BCUT2D eigenvalue weighted by atomic mass is 19.3. The third-order valence-corrected chi connectivity index (χ3v) is 5.94. The molecule has 0 saturated heterocycles. The van der Waals surface area contributed by atoms with Crippen LogP contribution >= 0.6 is 0 Å². The van der Waals surface area contributed by atoms with E-state index in [0.717, 1.165) is 23.5 Å². The summed E-state index contributed by atoms with van der Waals surface area (Å²) in [5.41, 5.74) is 2.88. The number of alkyl halides is 4. The molecule has 1 fully saturated rings. The van der Waals surface area contributed by atoms with Crippen LogP contribution in [0.1, 0.15) is 68.0 Å². The summed E-state index contributed by atoms with van der Waals surface area (Å²) in [6, 6.07) is 7.30. The Morgan fingerprint density at radius 2 is 1.92 bits per heavy atom. The Balaban J connectivity index is 0.000000532. The van der Waals surface area contributed by atoms with Gasteiger partial charge in [0.15, 0.2) is 0 Å². The summed E-state index contributed by atoms with van der Waals surface area (Å²) in [5.74, 6) is -5.37. The number of nitrogens with zero attached hydrogens (tertiary/aromatic N) is 3. The second kappa shape index (κ2) is 12.6. The summed E-state index contributed by atoms with van der Waals surface area (Å²) in [6.45, 7) is 4.77. The lowest BCUT2D eigenvalue weighted by atomic mass is 9.79. The van der Waals surface area contributed by atoms with Crippen LogP contribution in [-0.4, -0.2) is 57.1 Å². The molecule has 1 aliphatic rings. The minimum absolute atomic E-state index is 0.0746. The van der Waals surface area contributed by atoms with Crippen LogP contribution in [0.4, 0.5) is 17.6 Å². The molecule has 214 valence electrons. The molecule has 4 rings (SSSR count). The monoisotopic (exact) mass is 554 g/mol. The van der Waals surface area contributed by atoms with E-state index in [1.54, 1.807) is 16.9 Å². The third kappa shape index (κ3) is 9.05. The number of imidazole rings is 1. The van der Waals surface area contributed by atoms with Gasteiger partial charge < -0.3 is 20.4 Å². The Labute approximate surface area is 223 Å². The van der Waals surface area contributed by atoms with Gasteiger partial charge in [-0.15, -0.1) is 0 Å². The highest BCUT2D eigenvalue weighted by molar-refractivity contribution is 5.92. The molecule has 2 aromatic heterocycles. The third-order valence-electron chi connectivity index (χ3n) is 5.94. The molecule has 1 aliphatic carbocycles. The van der Waals surface area contributed by atoms with Crippen molar-refractivity contribution in [2.45, 2.75) is 71.0 Å². The molecule has 1 saturated carbocycles. The van der Waals surface area contributed by atoms with Crippen LogP contribution in [0.2, 0.25) is 0 Å². The molecule has 13 heteroatoms. The number of amides is 2. The summed E-state index contributed by atoms with van der Waals surface area (Å²) < 4.78 is 54.8. The topological polar surface area (TPSA) is 114 Å². The molecular formula is C26H34F4N6O3. The molecule has 0 unspecified atom stereocenters. The fourth-order valence-electron chi connectivity index (χ4n) is 4.18. The average Bonchev–Trinajstić information content (AvgIpc) is 3.46. The maximum atomic E-state index is 12.9. The number of nitrogens with one attached hydrogen (secondary N) is 3. The van der Waals surface area contributed by atoms with E-state index in [-0.39, 0.29) is 49.6 Å². The minimum atomic E-state index is -2.67. The lowest BCUT2D eigenvalue weighted by Gasteiger charge is -2.34. The minimum Gasteiger partial charge on any atom is -0.378 e. The molecule has 1 aromatic carbocycles. The molecule has 2 heterocycles. The van der Waals surface area contributed by atoms with Gasteiger partial charge >= 0.3 is 0 Å². The van der Waals surface area contributed by atoms with Crippen LogP contribution in [0.5, 0.6) is 0 Å². The Morgan fingerprint density at radius 1 is 1.21 bits per heavy atom. The fraction of sp³-hybridized carbons (Fsp3) is 0.538. The Morgan fingerprint density at radius 3 is 2.51 bits per heavy atom. The number of aromatic amines is 1. The number of fused-ring (bicyclic) bond motifs is 1. The first-order chi connectivity index (χ1) is 18.3. The molecule has 0 spiro atoms. The number of carbonyl (C=O) groups is 2. The van der Waals surface area contributed by atoms with Crippen LogP contribution < -0.4 is 10.6 Å². The van der Waals surface area contributed by atoms with Gasteiger partial charge in [0.1, 0.15) is 18.1 Å². The zero-order chi connectivity index (χ0) is 28.8. The largest absolute Gasteiger partial charge is 0.378 e. The Bertz CT molecular complexity index is 1260. The zero-order valence-electron chi connectivity index (χ0n) is 22.4. The molecule has 3 aromatic rings. The number of H-pyrrole nitrogens is 1. The number of carbonyl (C=O) groups excluding carboxylic acids is 2. The summed E-state index contributed by atoms with van der Waals surface area (Å²) in [5, 5.41) is 9.79. The van der Waals surface area contributed by atoms with Gasteiger partial charge in [-0.2, -0.15) is 5.10 Å². The Kier molecular flexibility index (Phi) is 9.70. The smallest absolute Gasteiger partial charge is 0.269 e. The predicted molar refractivity (Wildman–Crippen MR) is 137 cm³/mol. The summed E-state index contributed by atoms with van der Waals surface area (Å²) in [7, 11) is 1.25. The number of benzene rings is 1. The quantitative estimate of drug-likeness (QED) is 0.317. The molecule has 2 amide bonds. The van der Waals surface area contributed by atoms with E-state index in [9.17, 15) is 27.2 Å². The van der Waals surface area contributed by atoms with E-state index in [0.29, 0.717) is 18.1 Å². The van der Waals surface area contributed by atoms with Gasteiger partial charge in [-0.1, -0.05) is 6.07 Å². The number of halogens is 4. The second-order valence-corrected chi connectivity index (χ2v) is 10.1. The predicted octanol–water partition coefficient (Wildman–Crippen LogP) is 4.61. The van der Waals surface area contributed by atoms with Crippen LogP contribution in [0.25, 0.3) is 11.0 Å². The lowest BCUT2D eigenvalue weighted by molar-refractivity contribution is -0.133. The van der Waals surface area contributed by atoms with Crippen LogP contribution in [0.15, 0.2) is 30.5 Å². The van der Waals surface area contributed by atoms with Crippen molar-refractivity contribution in [3.63, 3.8) is 0 Å². The van der Waals surface area contributed by atoms with E-state index in [1.807, 2.05) is 32.0 Å². The van der Waals surface area contributed by atoms with Gasteiger partial charge in [-0.3, -0.25) is 14.3 Å². The standard InChI is InChI=1S/C22H26F2N6O2.C4H8F2O/c1-13(2)30-18(5-6-27-30)21(32)26-12-19-28-16-4-3-14(7-17(16)29-19)11-25-20(31)8-15-9-22(23,24)10-15;1-4(5,6)3-7-2/h3-7,13,15H,8-12H2,1-2H3,(H,25,31)(H,26,32)(H,28,29);3H2,1-2H3. The van der Waals surface area contributed by atoms with Crippen LogP contribution in [-0.2, 0) is 22.6 Å². The van der Waals surface area contributed by atoms with Crippen molar-refractivity contribution in [1.29, 1.82) is 0 Å². The molecule has 9 nitrogen and oxygen atoms in total. The van der Waals surface area contributed by atoms with Crippen LogP contribution in [0.3, 0.4) is 0 Å². The maximum absolute atomic E-state index is 12.9. The van der Waals surface area contributed by atoms with Crippen molar-refractivity contribution >= 4 is 22.8 Å². The molecule has 39 heavy (non-hydrogen) atoms. The van der Waals surface area contributed by atoms with Crippen molar-refractivity contribution in [2.24, 2.45) is 5.92 Å². The number of ether oxygens (including phenoxy) is 1. The van der Waals surface area contributed by atoms with E-state index in [4.69, 9.17) is 0 Å². The molecule has 3 N–H and O–H groups in total. The molecular weight excluding hydrogens is 520 g/mol. The highest BCUT2D eigenvalue weighted by Crippen LogP contribution is 2.43. The van der Waals surface area contributed by atoms with E-state index in [1.165, 1.54) is 7.11 Å².